The van der Waals surface area contributed by atoms with Crippen LogP contribution < -0.4 is 10.2 Å². The SMILES string of the molecule is O=C(Nc1ccc(C2SC(=Nc3ccc(N4CCOCC4)cc3)N(Cc3ccccn3)C2=O)cc1)[C@H]1CCCN1C(=O)OCc1ccccc1. The molecule has 7 rings (SSSR count). The summed E-state index contributed by atoms with van der Waals surface area (Å²) in [5.74, 6) is -0.356. The van der Waals surface area contributed by atoms with Gasteiger partial charge in [-0.25, -0.2) is 9.79 Å². The topological polar surface area (TPSA) is 117 Å². The third kappa shape index (κ3) is 7.82. The molecule has 0 aliphatic carbocycles. The summed E-state index contributed by atoms with van der Waals surface area (Å²) in [6, 6.07) is 29.8. The Morgan fingerprint density at radius 3 is 2.42 bits per heavy atom. The van der Waals surface area contributed by atoms with Gasteiger partial charge in [0.05, 0.1) is 31.1 Å². The Balaban J connectivity index is 1.03. The van der Waals surface area contributed by atoms with Gasteiger partial charge in [-0.1, -0.05) is 60.3 Å². The fourth-order valence-electron chi connectivity index (χ4n) is 6.25. The number of pyridine rings is 1. The van der Waals surface area contributed by atoms with Crippen LogP contribution in [-0.4, -0.2) is 76.7 Å². The predicted molar refractivity (Wildman–Crippen MR) is 193 cm³/mol. The number of thioether (sulfide) groups is 1. The van der Waals surface area contributed by atoms with Crippen molar-refractivity contribution >= 4 is 51.9 Å². The molecule has 3 aliphatic heterocycles. The third-order valence-electron chi connectivity index (χ3n) is 8.92. The van der Waals surface area contributed by atoms with E-state index in [1.807, 2.05) is 72.8 Å². The van der Waals surface area contributed by atoms with Crippen molar-refractivity contribution in [2.75, 3.05) is 43.1 Å². The molecule has 0 radical (unpaired) electrons. The lowest BCUT2D eigenvalue weighted by Gasteiger charge is -2.28. The standard InChI is InChI=1S/C38H38N6O5S/c45-35(33-10-6-20-43(33)38(47)49-26-27-7-2-1-3-8-27)40-29-13-11-28(12-14-29)34-36(46)44(25-31-9-4-5-19-39-31)37(50-34)41-30-15-17-32(18-16-30)42-21-23-48-24-22-42/h1-5,7-9,11-19,33-34H,6,10,20-26H2,(H,40,45)/t33-,34?/m1/s1. The van der Waals surface area contributed by atoms with E-state index >= 15 is 0 Å². The van der Waals surface area contributed by atoms with Crippen LogP contribution in [0.15, 0.2) is 108 Å². The number of nitrogens with one attached hydrogen (secondary N) is 1. The van der Waals surface area contributed by atoms with Gasteiger partial charge in [0.1, 0.15) is 17.9 Å². The molecule has 256 valence electrons. The number of amidine groups is 1. The summed E-state index contributed by atoms with van der Waals surface area (Å²) in [6.45, 7) is 4.04. The second kappa shape index (κ2) is 15.6. The number of morpholine rings is 1. The number of carbonyl (C=O) groups is 3. The minimum Gasteiger partial charge on any atom is -0.445 e. The van der Waals surface area contributed by atoms with E-state index in [0.29, 0.717) is 43.6 Å². The summed E-state index contributed by atoms with van der Waals surface area (Å²) in [7, 11) is 0. The van der Waals surface area contributed by atoms with Gasteiger partial charge >= 0.3 is 6.09 Å². The number of amides is 3. The maximum Gasteiger partial charge on any atom is 0.410 e. The molecule has 11 nitrogen and oxygen atoms in total. The molecule has 1 N–H and O–H groups in total. The van der Waals surface area contributed by atoms with Crippen molar-refractivity contribution in [3.63, 3.8) is 0 Å². The Labute approximate surface area is 295 Å². The minimum atomic E-state index is -0.619. The van der Waals surface area contributed by atoms with E-state index in [1.54, 1.807) is 23.2 Å². The largest absolute Gasteiger partial charge is 0.445 e. The molecule has 3 amide bonds. The Morgan fingerprint density at radius 2 is 1.68 bits per heavy atom. The van der Waals surface area contributed by atoms with Crippen molar-refractivity contribution in [1.29, 1.82) is 0 Å². The lowest BCUT2D eigenvalue weighted by Crippen LogP contribution is -2.43. The molecule has 4 aromatic rings. The first-order valence-corrected chi connectivity index (χ1v) is 17.7. The van der Waals surface area contributed by atoms with Crippen molar-refractivity contribution in [2.24, 2.45) is 4.99 Å². The number of nitrogens with zero attached hydrogens (tertiary/aromatic N) is 5. The van der Waals surface area contributed by atoms with Gasteiger partial charge < -0.3 is 19.7 Å². The van der Waals surface area contributed by atoms with Crippen LogP contribution in [0.1, 0.15) is 34.9 Å². The van der Waals surface area contributed by atoms with Crippen molar-refractivity contribution < 1.29 is 23.9 Å². The zero-order valence-corrected chi connectivity index (χ0v) is 28.3. The van der Waals surface area contributed by atoms with Crippen molar-refractivity contribution in [3.8, 4) is 0 Å². The molecule has 1 unspecified atom stereocenters. The zero-order valence-electron chi connectivity index (χ0n) is 27.5. The van der Waals surface area contributed by atoms with Crippen LogP contribution in [0.3, 0.4) is 0 Å². The van der Waals surface area contributed by atoms with Gasteiger partial charge in [-0.2, -0.15) is 0 Å². The highest BCUT2D eigenvalue weighted by atomic mass is 32.2. The predicted octanol–water partition coefficient (Wildman–Crippen LogP) is 6.16. The normalized spacial score (nSPS) is 20.0. The van der Waals surface area contributed by atoms with E-state index < -0.39 is 17.4 Å². The molecule has 3 aromatic carbocycles. The minimum absolute atomic E-state index is 0.0864. The number of aromatic nitrogens is 1. The van der Waals surface area contributed by atoms with E-state index in [0.717, 1.165) is 47.7 Å². The maximum absolute atomic E-state index is 13.9. The lowest BCUT2D eigenvalue weighted by molar-refractivity contribution is -0.126. The molecule has 12 heteroatoms. The number of aliphatic imine (C=N–C) groups is 1. The highest BCUT2D eigenvalue weighted by Crippen LogP contribution is 2.41. The zero-order chi connectivity index (χ0) is 34.3. The van der Waals surface area contributed by atoms with Crippen LogP contribution in [0.4, 0.5) is 21.9 Å². The Bertz CT molecular complexity index is 1820. The van der Waals surface area contributed by atoms with Crippen molar-refractivity contribution in [2.45, 2.75) is 37.3 Å². The second-order valence-corrected chi connectivity index (χ2v) is 13.3. The number of ether oxygens (including phenoxy) is 2. The molecule has 3 aliphatic rings. The van der Waals surface area contributed by atoms with Gasteiger partial charge in [-0.3, -0.25) is 24.4 Å². The van der Waals surface area contributed by atoms with E-state index in [4.69, 9.17) is 14.5 Å². The van der Waals surface area contributed by atoms with Crippen LogP contribution in [0.2, 0.25) is 0 Å². The molecule has 3 fully saturated rings. The average molecular weight is 691 g/mol. The van der Waals surface area contributed by atoms with E-state index in [2.05, 4.69) is 27.3 Å². The highest BCUT2D eigenvalue weighted by Gasteiger charge is 2.39. The molecule has 3 saturated heterocycles. The first-order chi connectivity index (χ1) is 24.5. The van der Waals surface area contributed by atoms with Crippen LogP contribution in [0.25, 0.3) is 0 Å². The summed E-state index contributed by atoms with van der Waals surface area (Å²) in [5.41, 5.74) is 4.90. The van der Waals surface area contributed by atoms with E-state index in [1.165, 1.54) is 16.7 Å². The molecule has 4 heterocycles. The van der Waals surface area contributed by atoms with Crippen LogP contribution in [0, 0.1) is 0 Å². The molecular formula is C38H38N6O5S. The monoisotopic (exact) mass is 690 g/mol. The number of rotatable bonds is 9. The maximum atomic E-state index is 13.9. The van der Waals surface area contributed by atoms with Gasteiger partial charge in [0.25, 0.3) is 0 Å². The number of likely N-dealkylation sites (tertiary alicyclic amines) is 1. The summed E-state index contributed by atoms with van der Waals surface area (Å²) >= 11 is 1.40. The molecule has 2 atom stereocenters. The Hall–Kier alpha value is -5.20. The quantitative estimate of drug-likeness (QED) is 0.222. The first-order valence-electron chi connectivity index (χ1n) is 16.8. The summed E-state index contributed by atoms with van der Waals surface area (Å²) < 4.78 is 11.0. The Morgan fingerprint density at radius 1 is 0.920 bits per heavy atom. The van der Waals surface area contributed by atoms with Gasteiger partial charge in [0.2, 0.25) is 11.8 Å². The number of carbonyl (C=O) groups excluding carboxylic acids is 3. The van der Waals surface area contributed by atoms with Crippen molar-refractivity contribution in [1.82, 2.24) is 14.8 Å². The second-order valence-electron chi connectivity index (χ2n) is 12.3. The summed E-state index contributed by atoms with van der Waals surface area (Å²) in [5, 5.41) is 3.04. The smallest absolute Gasteiger partial charge is 0.410 e. The van der Waals surface area contributed by atoms with Gasteiger partial charge in [-0.05, 0) is 72.5 Å². The van der Waals surface area contributed by atoms with Crippen LogP contribution >= 0.6 is 11.8 Å². The average Bonchev–Trinajstić information content (AvgIpc) is 3.78. The number of hydrogen-bond donors (Lipinski definition) is 1. The van der Waals surface area contributed by atoms with E-state index in [9.17, 15) is 14.4 Å². The highest BCUT2D eigenvalue weighted by molar-refractivity contribution is 8.15. The van der Waals surface area contributed by atoms with Gasteiger partial charge in [0.15, 0.2) is 5.17 Å². The number of hydrogen-bond acceptors (Lipinski definition) is 9. The summed E-state index contributed by atoms with van der Waals surface area (Å²) in [6.07, 6.45) is 2.49. The molecule has 0 bridgehead atoms. The first kappa shape index (κ1) is 33.3. The van der Waals surface area contributed by atoms with Crippen LogP contribution in [0.5, 0.6) is 0 Å². The van der Waals surface area contributed by atoms with E-state index in [-0.39, 0.29) is 18.4 Å². The molecule has 0 spiro atoms. The van der Waals surface area contributed by atoms with Crippen molar-refractivity contribution in [3.05, 3.63) is 120 Å². The molecule has 1 aromatic heterocycles. The molecular weight excluding hydrogens is 653 g/mol. The number of benzene rings is 3. The fraction of sp³-hybridized carbons (Fsp3) is 0.289. The van der Waals surface area contributed by atoms with Crippen LogP contribution in [-0.2, 0) is 32.2 Å². The van der Waals surface area contributed by atoms with Gasteiger partial charge in [-0.15, -0.1) is 0 Å². The third-order valence-corrected chi connectivity index (χ3v) is 10.1. The van der Waals surface area contributed by atoms with Gasteiger partial charge in [0, 0.05) is 37.2 Å². The fourth-order valence-corrected chi connectivity index (χ4v) is 7.42. The lowest BCUT2D eigenvalue weighted by atomic mass is 10.1. The summed E-state index contributed by atoms with van der Waals surface area (Å²) in [4.78, 5) is 54.9. The molecule has 0 saturated carbocycles. The Kier molecular flexibility index (Phi) is 10.4. The number of anilines is 2. The molecule has 50 heavy (non-hydrogen) atoms.